The number of nitrogens with zero attached hydrogens (tertiary/aromatic N) is 3. The van der Waals surface area contributed by atoms with Crippen LogP contribution >= 0.6 is 15.9 Å². The van der Waals surface area contributed by atoms with E-state index in [2.05, 4.69) is 31.2 Å². The molecule has 0 aliphatic rings. The van der Waals surface area contributed by atoms with E-state index in [1.807, 2.05) is 0 Å². The number of aromatic nitrogens is 2. The summed E-state index contributed by atoms with van der Waals surface area (Å²) in [5.41, 5.74) is -0.0204. The van der Waals surface area contributed by atoms with Gasteiger partial charge in [-0.15, -0.1) is 0 Å². The van der Waals surface area contributed by atoms with Crippen molar-refractivity contribution in [3.8, 4) is 11.6 Å². The average Bonchev–Trinajstić information content (AvgIpc) is 2.44. The van der Waals surface area contributed by atoms with Gasteiger partial charge in [0, 0.05) is 12.6 Å². The van der Waals surface area contributed by atoms with Crippen molar-refractivity contribution in [2.24, 2.45) is 0 Å². The van der Waals surface area contributed by atoms with Crippen molar-refractivity contribution < 1.29 is 14.1 Å². The number of benzene rings is 1. The van der Waals surface area contributed by atoms with Gasteiger partial charge in [0.25, 0.3) is 5.69 Å². The normalized spacial score (nSPS) is 10.3. The summed E-state index contributed by atoms with van der Waals surface area (Å²) in [6, 6.07) is 2.07. The third-order valence-electron chi connectivity index (χ3n) is 2.59. The fourth-order valence-corrected chi connectivity index (χ4v) is 1.84. The molecule has 1 aromatic heterocycles. The molecule has 21 heavy (non-hydrogen) atoms. The Balaban J connectivity index is 2.40. The van der Waals surface area contributed by atoms with Gasteiger partial charge in [-0.2, -0.15) is 4.98 Å². The number of halogens is 2. The third-order valence-corrected chi connectivity index (χ3v) is 3.13. The van der Waals surface area contributed by atoms with Crippen LogP contribution in [0.2, 0.25) is 0 Å². The number of hydrogen-bond acceptors (Lipinski definition) is 6. The summed E-state index contributed by atoms with van der Waals surface area (Å²) in [4.78, 5) is 18.1. The highest BCUT2D eigenvalue weighted by atomic mass is 79.9. The van der Waals surface area contributed by atoms with Crippen LogP contribution in [-0.4, -0.2) is 21.9 Å². The summed E-state index contributed by atoms with van der Waals surface area (Å²) >= 11 is 3.19. The van der Waals surface area contributed by atoms with Crippen LogP contribution < -0.4 is 10.1 Å². The van der Waals surface area contributed by atoms with Crippen LogP contribution in [0.4, 0.5) is 16.0 Å². The topological polar surface area (TPSA) is 90.2 Å². The predicted molar refractivity (Wildman–Crippen MR) is 77.1 cm³/mol. The monoisotopic (exact) mass is 356 g/mol. The van der Waals surface area contributed by atoms with Crippen molar-refractivity contribution in [2.75, 3.05) is 12.4 Å². The van der Waals surface area contributed by atoms with E-state index >= 15 is 0 Å². The minimum Gasteiger partial charge on any atom is -0.435 e. The smallest absolute Gasteiger partial charge is 0.275 e. The van der Waals surface area contributed by atoms with Crippen molar-refractivity contribution in [2.45, 2.75) is 6.92 Å². The summed E-state index contributed by atoms with van der Waals surface area (Å²) in [6.45, 7) is 1.50. The molecular formula is C12H10BrFN4O3. The molecule has 1 aromatic carbocycles. The number of rotatable bonds is 4. The van der Waals surface area contributed by atoms with E-state index in [4.69, 9.17) is 4.74 Å². The first-order valence-corrected chi connectivity index (χ1v) is 6.54. The molecule has 0 unspecified atom stereocenters. The summed E-state index contributed by atoms with van der Waals surface area (Å²) in [7, 11) is 1.63. The zero-order valence-corrected chi connectivity index (χ0v) is 12.6. The van der Waals surface area contributed by atoms with E-state index in [-0.39, 0.29) is 22.9 Å². The number of hydrogen-bond donors (Lipinski definition) is 1. The molecule has 0 saturated carbocycles. The Morgan fingerprint density at radius 3 is 2.81 bits per heavy atom. The van der Waals surface area contributed by atoms with E-state index in [0.29, 0.717) is 10.4 Å². The maximum atomic E-state index is 13.9. The molecule has 0 atom stereocenters. The molecule has 0 saturated heterocycles. The summed E-state index contributed by atoms with van der Waals surface area (Å²) in [6.07, 6.45) is 1.45. The number of aryl methyl sites for hydroxylation is 1. The van der Waals surface area contributed by atoms with Gasteiger partial charge < -0.3 is 10.1 Å². The van der Waals surface area contributed by atoms with Crippen LogP contribution in [0, 0.1) is 22.9 Å². The highest BCUT2D eigenvalue weighted by Crippen LogP contribution is 2.32. The standard InChI is InChI=1S/C12H10BrFN4O3/c1-6-3-10(8(14)4-9(6)18(19)20)21-11-7(13)5-16-12(15-2)17-11/h3-5H,1-2H3,(H,15,16,17). The van der Waals surface area contributed by atoms with Gasteiger partial charge in [0.05, 0.1) is 21.7 Å². The van der Waals surface area contributed by atoms with E-state index in [0.717, 1.165) is 6.07 Å². The second-order valence-electron chi connectivity index (χ2n) is 4.02. The van der Waals surface area contributed by atoms with Crippen molar-refractivity contribution in [3.63, 3.8) is 0 Å². The molecule has 9 heteroatoms. The highest BCUT2D eigenvalue weighted by molar-refractivity contribution is 9.10. The molecule has 0 fully saturated rings. The third kappa shape index (κ3) is 3.24. The Labute approximate surface area is 127 Å². The average molecular weight is 357 g/mol. The molecule has 0 radical (unpaired) electrons. The molecule has 2 rings (SSSR count). The summed E-state index contributed by atoms with van der Waals surface area (Å²) < 4.78 is 19.7. The summed E-state index contributed by atoms with van der Waals surface area (Å²) in [5.74, 6) is -0.600. The lowest BCUT2D eigenvalue weighted by molar-refractivity contribution is -0.385. The highest BCUT2D eigenvalue weighted by Gasteiger charge is 2.18. The van der Waals surface area contributed by atoms with Crippen LogP contribution in [0.3, 0.4) is 0 Å². The SMILES string of the molecule is CNc1ncc(Br)c(Oc2cc(C)c([N+](=O)[O-])cc2F)n1. The maximum absolute atomic E-state index is 13.9. The molecule has 7 nitrogen and oxygen atoms in total. The zero-order valence-electron chi connectivity index (χ0n) is 11.1. The quantitative estimate of drug-likeness (QED) is 0.666. The van der Waals surface area contributed by atoms with Crippen molar-refractivity contribution in [3.05, 3.63) is 44.3 Å². The maximum Gasteiger partial charge on any atom is 0.275 e. The van der Waals surface area contributed by atoms with Crippen molar-refractivity contribution >= 4 is 27.6 Å². The molecule has 0 bridgehead atoms. The number of nitro benzene ring substituents is 1. The van der Waals surface area contributed by atoms with Gasteiger partial charge in [-0.25, -0.2) is 9.37 Å². The minimum atomic E-state index is -0.844. The molecule has 0 amide bonds. The molecule has 1 N–H and O–H groups in total. The first kappa shape index (κ1) is 15.1. The lowest BCUT2D eigenvalue weighted by atomic mass is 10.2. The Hall–Kier alpha value is -2.29. The molecule has 0 spiro atoms. The van der Waals surface area contributed by atoms with Gasteiger partial charge >= 0.3 is 0 Å². The molecule has 110 valence electrons. The van der Waals surface area contributed by atoms with Gasteiger partial charge in [-0.1, -0.05) is 0 Å². The van der Waals surface area contributed by atoms with Gasteiger partial charge in [-0.05, 0) is 28.9 Å². The van der Waals surface area contributed by atoms with Crippen molar-refractivity contribution in [1.82, 2.24) is 9.97 Å². The number of anilines is 1. The summed E-state index contributed by atoms with van der Waals surface area (Å²) in [5, 5.41) is 13.5. The first-order chi connectivity index (χ1) is 9.92. The Kier molecular flexibility index (Phi) is 4.32. The minimum absolute atomic E-state index is 0.0986. The molecule has 0 aliphatic carbocycles. The van der Waals surface area contributed by atoms with Gasteiger partial charge in [0.2, 0.25) is 11.8 Å². The number of nitro groups is 1. The van der Waals surface area contributed by atoms with Crippen LogP contribution in [0.25, 0.3) is 0 Å². The molecular weight excluding hydrogens is 347 g/mol. The Bertz CT molecular complexity index is 711. The zero-order chi connectivity index (χ0) is 15.6. The van der Waals surface area contributed by atoms with E-state index < -0.39 is 10.7 Å². The van der Waals surface area contributed by atoms with Crippen LogP contribution in [0.5, 0.6) is 11.6 Å². The molecule has 2 aromatic rings. The van der Waals surface area contributed by atoms with Crippen LogP contribution in [0.1, 0.15) is 5.56 Å². The second-order valence-corrected chi connectivity index (χ2v) is 4.88. The van der Waals surface area contributed by atoms with Gasteiger partial charge in [-0.3, -0.25) is 10.1 Å². The van der Waals surface area contributed by atoms with Gasteiger partial charge in [0.15, 0.2) is 11.6 Å². The van der Waals surface area contributed by atoms with E-state index in [1.165, 1.54) is 19.2 Å². The predicted octanol–water partition coefficient (Wildman–Crippen LogP) is 3.43. The number of nitrogens with one attached hydrogen (secondary N) is 1. The molecule has 1 heterocycles. The van der Waals surface area contributed by atoms with Gasteiger partial charge in [0.1, 0.15) is 0 Å². The van der Waals surface area contributed by atoms with Crippen LogP contribution in [0.15, 0.2) is 22.8 Å². The molecule has 0 aliphatic heterocycles. The van der Waals surface area contributed by atoms with Crippen LogP contribution in [-0.2, 0) is 0 Å². The fourth-order valence-electron chi connectivity index (χ4n) is 1.57. The number of ether oxygens (including phenoxy) is 1. The Morgan fingerprint density at radius 1 is 1.48 bits per heavy atom. The van der Waals surface area contributed by atoms with E-state index in [9.17, 15) is 14.5 Å². The Morgan fingerprint density at radius 2 is 2.19 bits per heavy atom. The first-order valence-electron chi connectivity index (χ1n) is 5.75. The van der Waals surface area contributed by atoms with E-state index in [1.54, 1.807) is 7.05 Å². The van der Waals surface area contributed by atoms with Crippen molar-refractivity contribution in [1.29, 1.82) is 0 Å². The fraction of sp³-hybridized carbons (Fsp3) is 0.167. The lowest BCUT2D eigenvalue weighted by Crippen LogP contribution is -2.00. The second kappa shape index (κ2) is 6.00. The lowest BCUT2D eigenvalue weighted by Gasteiger charge is -2.09. The largest absolute Gasteiger partial charge is 0.435 e.